The SMILES string of the molecule is c1ccc(-c2ccc(N(c3ccc(-c4ccc5ccccc5c4)cc3)c3cccc4c3sc3cc5ccccc5nc34)cc2)cc1. The Morgan fingerprint density at radius 2 is 1.04 bits per heavy atom. The third-order valence-electron chi connectivity index (χ3n) is 8.83. The highest BCUT2D eigenvalue weighted by atomic mass is 32.1. The molecule has 2 nitrogen and oxygen atoms in total. The average molecular weight is 605 g/mol. The lowest BCUT2D eigenvalue weighted by molar-refractivity contribution is 1.30. The smallest absolute Gasteiger partial charge is 0.0896 e. The molecule has 0 N–H and O–H groups in total. The topological polar surface area (TPSA) is 16.1 Å². The molecule has 0 fully saturated rings. The molecule has 46 heavy (non-hydrogen) atoms. The Morgan fingerprint density at radius 1 is 0.435 bits per heavy atom. The van der Waals surface area contributed by atoms with Gasteiger partial charge in [-0.25, -0.2) is 4.98 Å². The molecule has 0 aliphatic rings. The van der Waals surface area contributed by atoms with Gasteiger partial charge in [0.2, 0.25) is 0 Å². The van der Waals surface area contributed by atoms with E-state index in [2.05, 4.69) is 175 Å². The lowest BCUT2D eigenvalue weighted by Crippen LogP contribution is -2.10. The first-order valence-electron chi connectivity index (χ1n) is 15.5. The van der Waals surface area contributed by atoms with Crippen molar-refractivity contribution in [2.24, 2.45) is 0 Å². The Labute approximate surface area is 271 Å². The molecule has 0 aliphatic heterocycles. The summed E-state index contributed by atoms with van der Waals surface area (Å²) in [6, 6.07) is 60.9. The lowest BCUT2D eigenvalue weighted by Gasteiger charge is -2.26. The molecule has 0 unspecified atom stereocenters. The highest BCUT2D eigenvalue weighted by Gasteiger charge is 2.19. The first kappa shape index (κ1) is 26.6. The molecule has 0 saturated carbocycles. The van der Waals surface area contributed by atoms with Gasteiger partial charge in [0.15, 0.2) is 0 Å². The van der Waals surface area contributed by atoms with Gasteiger partial charge in [0, 0.05) is 22.1 Å². The third-order valence-corrected chi connectivity index (χ3v) is 10.00. The predicted octanol–water partition coefficient (Wildman–Crippen LogP) is 12.6. The van der Waals surface area contributed by atoms with E-state index in [9.17, 15) is 0 Å². The fourth-order valence-corrected chi connectivity index (χ4v) is 7.70. The number of rotatable bonds is 5. The van der Waals surface area contributed by atoms with Gasteiger partial charge in [-0.15, -0.1) is 11.3 Å². The van der Waals surface area contributed by atoms with E-state index in [-0.39, 0.29) is 0 Å². The maximum absolute atomic E-state index is 5.12. The van der Waals surface area contributed by atoms with Crippen LogP contribution >= 0.6 is 11.3 Å². The van der Waals surface area contributed by atoms with Crippen LogP contribution in [0.25, 0.3) is 64.2 Å². The van der Waals surface area contributed by atoms with Crippen LogP contribution in [0.2, 0.25) is 0 Å². The highest BCUT2D eigenvalue weighted by Crippen LogP contribution is 2.45. The molecule has 216 valence electrons. The first-order valence-corrected chi connectivity index (χ1v) is 16.4. The Bertz CT molecular complexity index is 2510. The second kappa shape index (κ2) is 11.0. The number of fused-ring (bicyclic) bond motifs is 5. The van der Waals surface area contributed by atoms with E-state index < -0.39 is 0 Å². The quantitative estimate of drug-likeness (QED) is 0.194. The molecule has 0 atom stereocenters. The van der Waals surface area contributed by atoms with Crippen molar-refractivity contribution >= 4 is 70.4 Å². The summed E-state index contributed by atoms with van der Waals surface area (Å²) >= 11 is 1.82. The largest absolute Gasteiger partial charge is 0.309 e. The molecule has 0 spiro atoms. The molecule has 0 bridgehead atoms. The number of benzene rings is 7. The van der Waals surface area contributed by atoms with Crippen molar-refractivity contribution in [3.63, 3.8) is 0 Å². The molecule has 7 aromatic carbocycles. The van der Waals surface area contributed by atoms with Crippen LogP contribution in [-0.2, 0) is 0 Å². The van der Waals surface area contributed by atoms with Crippen LogP contribution in [0.1, 0.15) is 0 Å². The minimum atomic E-state index is 1.03. The second-order valence-corrected chi connectivity index (χ2v) is 12.7. The van der Waals surface area contributed by atoms with Crippen molar-refractivity contribution in [1.82, 2.24) is 4.98 Å². The van der Waals surface area contributed by atoms with Crippen LogP contribution in [-0.4, -0.2) is 4.98 Å². The van der Waals surface area contributed by atoms with Gasteiger partial charge in [-0.05, 0) is 81.6 Å². The molecule has 2 aromatic heterocycles. The zero-order chi connectivity index (χ0) is 30.5. The van der Waals surface area contributed by atoms with Crippen LogP contribution in [0.5, 0.6) is 0 Å². The van der Waals surface area contributed by atoms with Crippen molar-refractivity contribution in [2.45, 2.75) is 0 Å². The van der Waals surface area contributed by atoms with E-state index in [1.807, 2.05) is 11.3 Å². The molecular formula is C43H28N2S. The molecule has 9 rings (SSSR count). The minimum Gasteiger partial charge on any atom is -0.309 e. The van der Waals surface area contributed by atoms with Crippen LogP contribution in [0, 0.1) is 0 Å². The van der Waals surface area contributed by atoms with E-state index in [0.717, 1.165) is 28.1 Å². The van der Waals surface area contributed by atoms with Crippen LogP contribution in [0.3, 0.4) is 0 Å². The summed E-state index contributed by atoms with van der Waals surface area (Å²) in [5, 5.41) is 4.86. The molecule has 0 saturated heterocycles. The maximum Gasteiger partial charge on any atom is 0.0896 e. The third kappa shape index (κ3) is 4.61. The van der Waals surface area contributed by atoms with E-state index in [4.69, 9.17) is 4.98 Å². The van der Waals surface area contributed by atoms with Gasteiger partial charge in [-0.2, -0.15) is 0 Å². The average Bonchev–Trinajstić information content (AvgIpc) is 3.49. The number of anilines is 3. The standard InChI is InChI=1S/C43H28N2S/c1-2-9-29(10-3-1)31-19-23-36(24-20-31)45(37-25-21-32(22-26-37)34-18-17-30-11-4-5-12-33(30)27-34)40-16-8-14-38-42-41(46-43(38)40)28-35-13-6-7-15-39(35)44-42/h1-28H. The summed E-state index contributed by atoms with van der Waals surface area (Å²) in [5.74, 6) is 0. The maximum atomic E-state index is 5.12. The fraction of sp³-hybridized carbons (Fsp3) is 0. The molecule has 3 heteroatoms. The zero-order valence-corrected chi connectivity index (χ0v) is 25.8. The summed E-state index contributed by atoms with van der Waals surface area (Å²) in [4.78, 5) is 7.50. The Morgan fingerprint density at radius 3 is 1.80 bits per heavy atom. The monoisotopic (exact) mass is 604 g/mol. The zero-order valence-electron chi connectivity index (χ0n) is 25.0. The van der Waals surface area contributed by atoms with Gasteiger partial charge in [-0.3, -0.25) is 0 Å². The Kier molecular flexibility index (Phi) is 6.36. The van der Waals surface area contributed by atoms with Gasteiger partial charge in [0.25, 0.3) is 0 Å². The summed E-state index contributed by atoms with van der Waals surface area (Å²) in [7, 11) is 0. The normalized spacial score (nSPS) is 11.5. The van der Waals surface area contributed by atoms with E-state index >= 15 is 0 Å². The van der Waals surface area contributed by atoms with Crippen molar-refractivity contribution < 1.29 is 0 Å². The van der Waals surface area contributed by atoms with Crippen molar-refractivity contribution in [2.75, 3.05) is 4.90 Å². The predicted molar refractivity (Wildman–Crippen MR) is 198 cm³/mol. The summed E-state index contributed by atoms with van der Waals surface area (Å²) in [6.45, 7) is 0. The number of pyridine rings is 1. The molecule has 0 radical (unpaired) electrons. The number of thiophene rings is 1. The van der Waals surface area contributed by atoms with Gasteiger partial charge < -0.3 is 4.90 Å². The van der Waals surface area contributed by atoms with Crippen molar-refractivity contribution in [1.29, 1.82) is 0 Å². The van der Waals surface area contributed by atoms with Crippen molar-refractivity contribution in [3.8, 4) is 22.3 Å². The van der Waals surface area contributed by atoms with Crippen molar-refractivity contribution in [3.05, 3.63) is 170 Å². The Balaban J connectivity index is 1.20. The number of hydrogen-bond donors (Lipinski definition) is 0. The molecule has 9 aromatic rings. The number of para-hydroxylation sites is 1. The van der Waals surface area contributed by atoms with E-state index in [0.29, 0.717) is 0 Å². The minimum absolute atomic E-state index is 1.03. The number of nitrogens with zero attached hydrogens (tertiary/aromatic N) is 2. The summed E-state index contributed by atoms with van der Waals surface area (Å²) < 4.78 is 2.43. The Hall–Kier alpha value is -5.77. The van der Waals surface area contributed by atoms with E-state index in [1.165, 1.54) is 53.2 Å². The second-order valence-electron chi connectivity index (χ2n) is 11.6. The van der Waals surface area contributed by atoms with Gasteiger partial charge >= 0.3 is 0 Å². The van der Waals surface area contributed by atoms with Crippen LogP contribution in [0.15, 0.2) is 170 Å². The highest BCUT2D eigenvalue weighted by molar-refractivity contribution is 7.26. The van der Waals surface area contributed by atoms with E-state index in [1.54, 1.807) is 0 Å². The number of hydrogen-bond acceptors (Lipinski definition) is 3. The summed E-state index contributed by atoms with van der Waals surface area (Å²) in [6.07, 6.45) is 0. The number of aromatic nitrogens is 1. The molecule has 0 amide bonds. The molecule has 0 aliphatic carbocycles. The van der Waals surface area contributed by atoms with Gasteiger partial charge in [0.1, 0.15) is 0 Å². The van der Waals surface area contributed by atoms with Crippen LogP contribution in [0.4, 0.5) is 17.1 Å². The summed E-state index contributed by atoms with van der Waals surface area (Å²) in [5.41, 5.74) is 10.3. The van der Waals surface area contributed by atoms with Gasteiger partial charge in [-0.1, -0.05) is 121 Å². The van der Waals surface area contributed by atoms with Gasteiger partial charge in [0.05, 0.1) is 26.1 Å². The first-order chi connectivity index (χ1) is 22.8. The molecular weight excluding hydrogens is 577 g/mol. The fourth-order valence-electron chi connectivity index (χ4n) is 6.50. The molecule has 2 heterocycles. The lowest BCUT2D eigenvalue weighted by atomic mass is 10.0. The van der Waals surface area contributed by atoms with Crippen LogP contribution < -0.4 is 4.90 Å².